The van der Waals surface area contributed by atoms with E-state index in [0.717, 1.165) is 0 Å². The Morgan fingerprint density at radius 3 is 1.60 bits per heavy atom. The zero-order valence-electron chi connectivity index (χ0n) is 8.14. The number of rotatable bonds is 4. The van der Waals surface area contributed by atoms with Gasteiger partial charge in [-0.1, -0.05) is 0 Å². The Balaban J connectivity index is 2.77. The summed E-state index contributed by atoms with van der Waals surface area (Å²) in [5.74, 6) is 0. The van der Waals surface area contributed by atoms with Gasteiger partial charge in [-0.3, -0.25) is 4.90 Å². The minimum absolute atomic E-state index is 0.245. The second-order valence-electron chi connectivity index (χ2n) is 3.66. The lowest BCUT2D eigenvalue weighted by atomic mass is 10.1. The average Bonchev–Trinajstić information content (AvgIpc) is 2.38. The van der Waals surface area contributed by atoms with Crippen LogP contribution in [-0.2, 0) is 0 Å². The number of aliphatic hydroxyl groups excluding tert-OH is 5. The summed E-state index contributed by atoms with van der Waals surface area (Å²) < 4.78 is 0. The number of hydrogen-bond donors (Lipinski definition) is 6. The molecule has 0 aromatic rings. The van der Waals surface area contributed by atoms with Crippen LogP contribution in [0.5, 0.6) is 0 Å². The van der Waals surface area contributed by atoms with Crippen LogP contribution in [0.25, 0.3) is 0 Å². The molecule has 0 saturated carbocycles. The van der Waals surface area contributed by atoms with Gasteiger partial charge in [0.15, 0.2) is 6.29 Å². The molecular formula is C8H17NO6. The first-order valence-corrected chi connectivity index (χ1v) is 4.72. The molecule has 0 aromatic heterocycles. The maximum atomic E-state index is 9.52. The van der Waals surface area contributed by atoms with Gasteiger partial charge in [-0.25, -0.2) is 0 Å². The van der Waals surface area contributed by atoms with Crippen LogP contribution < -0.4 is 0 Å². The molecule has 0 bridgehead atoms. The average molecular weight is 223 g/mol. The highest BCUT2D eigenvalue weighted by atomic mass is 16.5. The fourth-order valence-corrected chi connectivity index (χ4v) is 1.98. The van der Waals surface area contributed by atoms with Gasteiger partial charge in [0.25, 0.3) is 0 Å². The number of β-amino-alcohol motifs (C(OH)–C–C–N with tert-alkyl or cyclic N) is 2. The summed E-state index contributed by atoms with van der Waals surface area (Å²) in [6.45, 7) is -1.10. The maximum Gasteiger partial charge on any atom is 0.164 e. The summed E-state index contributed by atoms with van der Waals surface area (Å²) in [4.78, 5) is 1.29. The molecule has 0 amide bonds. The molecule has 0 aromatic carbocycles. The molecule has 90 valence electrons. The number of aliphatic hydroxyl groups is 6. The third-order valence-electron chi connectivity index (χ3n) is 2.74. The lowest BCUT2D eigenvalue weighted by molar-refractivity contribution is -0.0802. The molecule has 1 heterocycles. The fraction of sp³-hybridized carbons (Fsp3) is 1.00. The summed E-state index contributed by atoms with van der Waals surface area (Å²) in [7, 11) is 0. The minimum atomic E-state index is -1.65. The molecule has 1 aliphatic heterocycles. The van der Waals surface area contributed by atoms with E-state index in [1.54, 1.807) is 0 Å². The van der Waals surface area contributed by atoms with E-state index in [1.165, 1.54) is 4.90 Å². The largest absolute Gasteiger partial charge is 0.395 e. The molecule has 7 nitrogen and oxygen atoms in total. The van der Waals surface area contributed by atoms with Crippen LogP contribution >= 0.6 is 0 Å². The lowest BCUT2D eigenvalue weighted by Gasteiger charge is -2.28. The Morgan fingerprint density at radius 1 is 0.933 bits per heavy atom. The summed E-state index contributed by atoms with van der Waals surface area (Å²) in [5.41, 5.74) is 0. The van der Waals surface area contributed by atoms with Gasteiger partial charge in [0.05, 0.1) is 44.1 Å². The van der Waals surface area contributed by atoms with Gasteiger partial charge in [0.1, 0.15) is 0 Å². The Morgan fingerprint density at radius 2 is 1.33 bits per heavy atom. The van der Waals surface area contributed by atoms with Gasteiger partial charge in [-0.15, -0.1) is 0 Å². The molecule has 1 aliphatic rings. The zero-order chi connectivity index (χ0) is 11.6. The standard InChI is InChI=1S/C8H17NO6/c10-2-4-7(14)8(15)5(3-11)9(4)1-6(12)13/h4-8,10-15H,1-3H2/t4?,5?,7-,8?/m0/s1. The van der Waals surface area contributed by atoms with Gasteiger partial charge >= 0.3 is 0 Å². The van der Waals surface area contributed by atoms with Crippen LogP contribution in [0.1, 0.15) is 0 Å². The van der Waals surface area contributed by atoms with Gasteiger partial charge in [-0.2, -0.15) is 0 Å². The van der Waals surface area contributed by atoms with Crippen molar-refractivity contribution in [2.75, 3.05) is 19.8 Å². The van der Waals surface area contributed by atoms with Gasteiger partial charge in [-0.05, 0) is 0 Å². The van der Waals surface area contributed by atoms with Crippen LogP contribution in [0, 0.1) is 0 Å². The molecular weight excluding hydrogens is 206 g/mol. The van der Waals surface area contributed by atoms with Crippen LogP contribution in [0.3, 0.4) is 0 Å². The van der Waals surface area contributed by atoms with Gasteiger partial charge < -0.3 is 30.6 Å². The lowest BCUT2D eigenvalue weighted by Crippen LogP contribution is -2.46. The van der Waals surface area contributed by atoms with E-state index in [4.69, 9.17) is 20.4 Å². The Labute approximate surface area is 86.8 Å². The molecule has 6 N–H and O–H groups in total. The first-order valence-electron chi connectivity index (χ1n) is 4.72. The molecule has 0 aliphatic carbocycles. The molecule has 15 heavy (non-hydrogen) atoms. The highest BCUT2D eigenvalue weighted by molar-refractivity contribution is 5.00. The first kappa shape index (κ1) is 12.8. The predicted molar refractivity (Wildman–Crippen MR) is 48.7 cm³/mol. The molecule has 1 fully saturated rings. The smallest absolute Gasteiger partial charge is 0.164 e. The van der Waals surface area contributed by atoms with Crippen molar-refractivity contribution in [1.82, 2.24) is 4.90 Å². The Bertz CT molecular complexity index is 186. The van der Waals surface area contributed by atoms with Crippen molar-refractivity contribution in [1.29, 1.82) is 0 Å². The van der Waals surface area contributed by atoms with Gasteiger partial charge in [0, 0.05) is 0 Å². The van der Waals surface area contributed by atoms with Crippen LogP contribution in [0.4, 0.5) is 0 Å². The number of likely N-dealkylation sites (tertiary alicyclic amines) is 1. The van der Waals surface area contributed by atoms with E-state index >= 15 is 0 Å². The van der Waals surface area contributed by atoms with Crippen LogP contribution in [-0.4, -0.2) is 85.9 Å². The second-order valence-corrected chi connectivity index (χ2v) is 3.66. The van der Waals surface area contributed by atoms with Crippen molar-refractivity contribution >= 4 is 0 Å². The quantitative estimate of drug-likeness (QED) is 0.269. The summed E-state index contributed by atoms with van der Waals surface area (Å²) in [6.07, 6.45) is -4.05. The SMILES string of the molecule is OCC1C(O)[C@@H](O)C(CO)N1CC(O)O. The Kier molecular flexibility index (Phi) is 4.41. The number of nitrogens with zero attached hydrogens (tertiary/aromatic N) is 1. The third kappa shape index (κ3) is 2.45. The highest BCUT2D eigenvalue weighted by Crippen LogP contribution is 2.24. The summed E-state index contributed by atoms with van der Waals surface area (Å²) >= 11 is 0. The molecule has 3 unspecified atom stereocenters. The minimum Gasteiger partial charge on any atom is -0.395 e. The normalized spacial score (nSPS) is 37.8. The van der Waals surface area contributed by atoms with Crippen molar-refractivity contribution in [3.8, 4) is 0 Å². The molecule has 0 spiro atoms. The molecule has 0 radical (unpaired) electrons. The number of hydrogen-bond acceptors (Lipinski definition) is 7. The third-order valence-corrected chi connectivity index (χ3v) is 2.74. The maximum absolute atomic E-state index is 9.52. The first-order chi connectivity index (χ1) is 7.02. The van der Waals surface area contributed by atoms with Crippen LogP contribution in [0.15, 0.2) is 0 Å². The fourth-order valence-electron chi connectivity index (χ4n) is 1.98. The van der Waals surface area contributed by atoms with Crippen molar-refractivity contribution < 1.29 is 30.6 Å². The van der Waals surface area contributed by atoms with Crippen molar-refractivity contribution in [2.24, 2.45) is 0 Å². The van der Waals surface area contributed by atoms with E-state index in [2.05, 4.69) is 0 Å². The van der Waals surface area contributed by atoms with Crippen molar-refractivity contribution in [2.45, 2.75) is 30.6 Å². The van der Waals surface area contributed by atoms with E-state index in [1.807, 2.05) is 0 Å². The second kappa shape index (κ2) is 5.17. The van der Waals surface area contributed by atoms with E-state index in [9.17, 15) is 10.2 Å². The predicted octanol–water partition coefficient (Wildman–Crippen LogP) is -3.94. The van der Waals surface area contributed by atoms with Crippen molar-refractivity contribution in [3.05, 3.63) is 0 Å². The van der Waals surface area contributed by atoms with E-state index in [-0.39, 0.29) is 6.54 Å². The topological polar surface area (TPSA) is 125 Å². The summed E-state index contributed by atoms with van der Waals surface area (Å²) in [5, 5.41) is 54.6. The molecule has 4 atom stereocenters. The summed E-state index contributed by atoms with van der Waals surface area (Å²) in [6, 6.07) is -1.59. The van der Waals surface area contributed by atoms with E-state index < -0.39 is 43.8 Å². The zero-order valence-corrected chi connectivity index (χ0v) is 8.14. The highest BCUT2D eigenvalue weighted by Gasteiger charge is 2.47. The van der Waals surface area contributed by atoms with Crippen molar-refractivity contribution in [3.63, 3.8) is 0 Å². The molecule has 1 rings (SSSR count). The molecule has 1 saturated heterocycles. The Hall–Kier alpha value is -0.280. The van der Waals surface area contributed by atoms with E-state index in [0.29, 0.717) is 0 Å². The van der Waals surface area contributed by atoms with Gasteiger partial charge in [0.2, 0.25) is 0 Å². The monoisotopic (exact) mass is 223 g/mol. The van der Waals surface area contributed by atoms with Crippen LogP contribution in [0.2, 0.25) is 0 Å². The molecule has 7 heteroatoms.